The Hall–Kier alpha value is -1.82. The summed E-state index contributed by atoms with van der Waals surface area (Å²) in [5.41, 5.74) is 0.634. The Morgan fingerprint density at radius 1 is 1.61 bits per heavy atom. The lowest BCUT2D eigenvalue weighted by Gasteiger charge is -2.11. The fourth-order valence-corrected chi connectivity index (χ4v) is 1.69. The molecule has 6 heteroatoms. The van der Waals surface area contributed by atoms with Gasteiger partial charge in [-0.2, -0.15) is 0 Å². The Morgan fingerprint density at radius 2 is 2.50 bits per heavy atom. The molecule has 0 bridgehead atoms. The minimum Gasteiger partial charge on any atom is -0.478 e. The van der Waals surface area contributed by atoms with E-state index in [2.05, 4.69) is 15.6 Å². The van der Waals surface area contributed by atoms with Crippen LogP contribution < -0.4 is 15.4 Å². The second-order valence-corrected chi connectivity index (χ2v) is 3.98. The number of urea groups is 1. The molecule has 0 aliphatic carbocycles. The zero-order valence-corrected chi connectivity index (χ0v) is 10.3. The van der Waals surface area contributed by atoms with E-state index in [1.165, 1.54) is 0 Å². The monoisotopic (exact) mass is 251 g/mol. The molecule has 0 saturated carbocycles. The Morgan fingerprint density at radius 3 is 3.11 bits per heavy atom. The zero-order valence-electron chi connectivity index (χ0n) is 10.3. The highest BCUT2D eigenvalue weighted by molar-refractivity contribution is 5.89. The van der Waals surface area contributed by atoms with Crippen molar-refractivity contribution in [1.29, 1.82) is 0 Å². The molecular weight excluding hydrogens is 234 g/mol. The largest absolute Gasteiger partial charge is 0.478 e. The van der Waals surface area contributed by atoms with Crippen molar-refractivity contribution in [2.45, 2.75) is 19.4 Å². The molecule has 0 spiro atoms. The van der Waals surface area contributed by atoms with Crippen LogP contribution in [0.4, 0.5) is 10.5 Å². The third-order valence-corrected chi connectivity index (χ3v) is 2.55. The van der Waals surface area contributed by atoms with Gasteiger partial charge in [0.15, 0.2) is 0 Å². The predicted molar refractivity (Wildman–Crippen MR) is 66.8 cm³/mol. The van der Waals surface area contributed by atoms with Gasteiger partial charge >= 0.3 is 6.03 Å². The van der Waals surface area contributed by atoms with Gasteiger partial charge in [-0.1, -0.05) is 0 Å². The molecule has 0 aromatic carbocycles. The Balaban J connectivity index is 1.82. The summed E-state index contributed by atoms with van der Waals surface area (Å²) >= 11 is 0. The van der Waals surface area contributed by atoms with Gasteiger partial charge in [0.05, 0.1) is 31.1 Å². The number of carbonyl (C=O) groups excluding carboxylic acids is 1. The topological polar surface area (TPSA) is 72.5 Å². The number of nitrogens with one attached hydrogen (secondary N) is 2. The summed E-state index contributed by atoms with van der Waals surface area (Å²) in [7, 11) is 0. The summed E-state index contributed by atoms with van der Waals surface area (Å²) in [6, 6.07) is 3.33. The first-order chi connectivity index (χ1) is 8.78. The van der Waals surface area contributed by atoms with Gasteiger partial charge in [0.25, 0.3) is 0 Å². The number of ether oxygens (including phenoxy) is 2. The van der Waals surface area contributed by atoms with Gasteiger partial charge in [-0.05, 0) is 19.4 Å². The first kappa shape index (κ1) is 12.6. The summed E-state index contributed by atoms with van der Waals surface area (Å²) in [5.74, 6) is 0.549. The van der Waals surface area contributed by atoms with Crippen molar-refractivity contribution in [1.82, 2.24) is 10.3 Å². The van der Waals surface area contributed by atoms with Crippen LogP contribution in [0.15, 0.2) is 18.3 Å². The van der Waals surface area contributed by atoms with Crippen LogP contribution in [0.3, 0.4) is 0 Å². The molecule has 1 aliphatic heterocycles. The second-order valence-electron chi connectivity index (χ2n) is 3.98. The molecule has 1 aromatic rings. The summed E-state index contributed by atoms with van der Waals surface area (Å²) in [4.78, 5) is 15.7. The van der Waals surface area contributed by atoms with Crippen LogP contribution in [0.25, 0.3) is 0 Å². The number of hydrogen-bond donors (Lipinski definition) is 2. The SMILES string of the molecule is CCOc1ccc(NC(=O)NC2CCOC2)cn1. The second kappa shape index (κ2) is 6.20. The van der Waals surface area contributed by atoms with Gasteiger partial charge in [0.1, 0.15) is 0 Å². The number of hydrogen-bond acceptors (Lipinski definition) is 4. The number of amides is 2. The molecule has 6 nitrogen and oxygen atoms in total. The van der Waals surface area contributed by atoms with E-state index in [0.29, 0.717) is 31.4 Å². The molecule has 1 aliphatic rings. The average Bonchev–Trinajstić information content (AvgIpc) is 2.84. The van der Waals surface area contributed by atoms with Gasteiger partial charge in [-0.3, -0.25) is 0 Å². The van der Waals surface area contributed by atoms with Crippen LogP contribution >= 0.6 is 0 Å². The van der Waals surface area contributed by atoms with E-state index in [9.17, 15) is 4.79 Å². The van der Waals surface area contributed by atoms with Crippen LogP contribution in [0.5, 0.6) is 5.88 Å². The average molecular weight is 251 g/mol. The highest BCUT2D eigenvalue weighted by Gasteiger charge is 2.17. The summed E-state index contributed by atoms with van der Waals surface area (Å²) in [6.07, 6.45) is 2.42. The van der Waals surface area contributed by atoms with Crippen molar-refractivity contribution in [3.8, 4) is 5.88 Å². The summed E-state index contributed by atoms with van der Waals surface area (Å²) in [5, 5.41) is 5.55. The molecule has 2 amide bonds. The van der Waals surface area contributed by atoms with E-state index in [4.69, 9.17) is 9.47 Å². The van der Waals surface area contributed by atoms with Crippen LogP contribution in [0, 0.1) is 0 Å². The smallest absolute Gasteiger partial charge is 0.319 e. The van der Waals surface area contributed by atoms with Crippen molar-refractivity contribution >= 4 is 11.7 Å². The minimum absolute atomic E-state index is 0.0978. The molecule has 1 atom stereocenters. The number of pyridine rings is 1. The van der Waals surface area contributed by atoms with Crippen LogP contribution in [-0.2, 0) is 4.74 Å². The zero-order chi connectivity index (χ0) is 12.8. The van der Waals surface area contributed by atoms with E-state index >= 15 is 0 Å². The summed E-state index contributed by atoms with van der Waals surface area (Å²) < 4.78 is 10.4. The molecule has 98 valence electrons. The highest BCUT2D eigenvalue weighted by Crippen LogP contribution is 2.11. The molecule has 1 fully saturated rings. The van der Waals surface area contributed by atoms with E-state index in [0.717, 1.165) is 6.42 Å². The Labute approximate surface area is 106 Å². The van der Waals surface area contributed by atoms with Crippen LogP contribution in [0.2, 0.25) is 0 Å². The molecule has 1 unspecified atom stereocenters. The lowest BCUT2D eigenvalue weighted by molar-refractivity contribution is 0.189. The first-order valence-electron chi connectivity index (χ1n) is 6.02. The maximum absolute atomic E-state index is 11.6. The Kier molecular flexibility index (Phi) is 4.35. The van der Waals surface area contributed by atoms with Gasteiger partial charge < -0.3 is 20.1 Å². The lowest BCUT2D eigenvalue weighted by atomic mass is 10.3. The third kappa shape index (κ3) is 3.59. The fourth-order valence-electron chi connectivity index (χ4n) is 1.69. The number of rotatable bonds is 4. The standard InChI is InChI=1S/C12H17N3O3/c1-2-18-11-4-3-9(7-13-11)14-12(16)15-10-5-6-17-8-10/h3-4,7,10H,2,5-6,8H2,1H3,(H2,14,15,16). The van der Waals surface area contributed by atoms with Crippen molar-refractivity contribution in [3.63, 3.8) is 0 Å². The van der Waals surface area contributed by atoms with Crippen LogP contribution in [-0.4, -0.2) is 36.9 Å². The molecule has 2 rings (SSSR count). The third-order valence-electron chi connectivity index (χ3n) is 2.55. The molecule has 2 heterocycles. The molecular formula is C12H17N3O3. The first-order valence-corrected chi connectivity index (χ1v) is 6.02. The maximum atomic E-state index is 11.6. The number of anilines is 1. The van der Waals surface area contributed by atoms with Crippen LogP contribution in [0.1, 0.15) is 13.3 Å². The lowest BCUT2D eigenvalue weighted by Crippen LogP contribution is -2.38. The van der Waals surface area contributed by atoms with E-state index in [-0.39, 0.29) is 12.1 Å². The molecule has 18 heavy (non-hydrogen) atoms. The molecule has 2 N–H and O–H groups in total. The predicted octanol–water partition coefficient (Wildman–Crippen LogP) is 1.39. The van der Waals surface area contributed by atoms with Crippen molar-refractivity contribution in [3.05, 3.63) is 18.3 Å². The quantitative estimate of drug-likeness (QED) is 0.848. The maximum Gasteiger partial charge on any atom is 0.319 e. The number of carbonyl (C=O) groups is 1. The van der Waals surface area contributed by atoms with E-state index in [1.54, 1.807) is 18.3 Å². The number of nitrogens with zero attached hydrogens (tertiary/aromatic N) is 1. The molecule has 1 saturated heterocycles. The normalized spacial score (nSPS) is 18.4. The molecule has 1 aromatic heterocycles. The van der Waals surface area contributed by atoms with Gasteiger partial charge in [-0.15, -0.1) is 0 Å². The van der Waals surface area contributed by atoms with Crippen molar-refractivity contribution < 1.29 is 14.3 Å². The fraction of sp³-hybridized carbons (Fsp3) is 0.500. The highest BCUT2D eigenvalue weighted by atomic mass is 16.5. The van der Waals surface area contributed by atoms with Gasteiger partial charge in [0.2, 0.25) is 5.88 Å². The number of aromatic nitrogens is 1. The van der Waals surface area contributed by atoms with E-state index < -0.39 is 0 Å². The minimum atomic E-state index is -0.239. The van der Waals surface area contributed by atoms with Gasteiger partial charge in [0, 0.05) is 12.7 Å². The van der Waals surface area contributed by atoms with E-state index in [1.807, 2.05) is 6.92 Å². The van der Waals surface area contributed by atoms with Crippen molar-refractivity contribution in [2.75, 3.05) is 25.1 Å². The summed E-state index contributed by atoms with van der Waals surface area (Å²) in [6.45, 7) is 3.75. The van der Waals surface area contributed by atoms with Crippen molar-refractivity contribution in [2.24, 2.45) is 0 Å². The van der Waals surface area contributed by atoms with Gasteiger partial charge in [-0.25, -0.2) is 9.78 Å². The Bertz CT molecular complexity index is 388. The molecule has 0 radical (unpaired) electrons.